The summed E-state index contributed by atoms with van der Waals surface area (Å²) in [6.07, 6.45) is 0. The summed E-state index contributed by atoms with van der Waals surface area (Å²) >= 11 is 12.1. The van der Waals surface area contributed by atoms with Crippen molar-refractivity contribution in [3.63, 3.8) is 0 Å². The molecule has 0 spiro atoms. The van der Waals surface area contributed by atoms with Gasteiger partial charge in [0.2, 0.25) is 0 Å². The number of carbonyl (C=O) groups is 3. The molecule has 0 fully saturated rings. The number of ether oxygens (including phenoxy) is 2. The van der Waals surface area contributed by atoms with Crippen LogP contribution >= 0.6 is 23.2 Å². The molecule has 0 saturated heterocycles. The first-order chi connectivity index (χ1) is 13.3. The summed E-state index contributed by atoms with van der Waals surface area (Å²) in [6.45, 7) is 1.10. The zero-order valence-electron chi connectivity index (χ0n) is 15.0. The summed E-state index contributed by atoms with van der Waals surface area (Å²) in [4.78, 5) is 37.8. The van der Waals surface area contributed by atoms with E-state index < -0.39 is 28.7 Å². The van der Waals surface area contributed by atoms with Gasteiger partial charge in [-0.3, -0.25) is 4.79 Å². The van der Waals surface area contributed by atoms with Crippen LogP contribution in [-0.4, -0.2) is 61.3 Å². The fraction of sp³-hybridized carbons (Fsp3) is 0.353. The number of esters is 2. The molecule has 1 aliphatic heterocycles. The van der Waals surface area contributed by atoms with E-state index in [2.05, 4.69) is 10.1 Å². The molecule has 0 aliphatic carbocycles. The standard InChI is InChI=1S/C17H17Cl2FN2O6/c1-3-28-17(26)8-6-10(20)12(19)14(11(8)18)21-13-9(16(25)27-2)7-22(4-5-23)15(13)24/h6,21,23H,3-5,7H2,1-2H3. The van der Waals surface area contributed by atoms with Crippen LogP contribution < -0.4 is 5.32 Å². The van der Waals surface area contributed by atoms with Crippen LogP contribution in [0.2, 0.25) is 10.0 Å². The van der Waals surface area contributed by atoms with E-state index in [1.807, 2.05) is 0 Å². The molecule has 2 rings (SSSR count). The van der Waals surface area contributed by atoms with Crippen molar-refractivity contribution >= 4 is 46.7 Å². The number of hydrogen-bond acceptors (Lipinski definition) is 7. The van der Waals surface area contributed by atoms with Crippen LogP contribution in [-0.2, 0) is 19.1 Å². The lowest BCUT2D eigenvalue weighted by Gasteiger charge is -2.17. The quantitative estimate of drug-likeness (QED) is 0.499. The zero-order valence-corrected chi connectivity index (χ0v) is 16.5. The van der Waals surface area contributed by atoms with Crippen molar-refractivity contribution in [1.82, 2.24) is 4.90 Å². The molecular weight excluding hydrogens is 418 g/mol. The zero-order chi connectivity index (χ0) is 21.0. The third-order valence-electron chi connectivity index (χ3n) is 3.86. The molecule has 2 N–H and O–H groups in total. The molecule has 28 heavy (non-hydrogen) atoms. The SMILES string of the molecule is CCOC(=O)c1cc(F)c(Cl)c(NC2=C(C(=O)OC)CN(CCO)C2=O)c1Cl. The Labute approximate surface area is 169 Å². The third kappa shape index (κ3) is 4.21. The van der Waals surface area contributed by atoms with Crippen LogP contribution in [0.25, 0.3) is 0 Å². The number of rotatable bonds is 7. The number of hydrogen-bond donors (Lipinski definition) is 2. The summed E-state index contributed by atoms with van der Waals surface area (Å²) in [6, 6.07) is 0.817. The fourth-order valence-corrected chi connectivity index (χ4v) is 3.06. The topological polar surface area (TPSA) is 105 Å². The number of halogens is 3. The number of anilines is 1. The van der Waals surface area contributed by atoms with Crippen LogP contribution in [0.4, 0.5) is 10.1 Å². The van der Waals surface area contributed by atoms with Crippen molar-refractivity contribution in [3.05, 3.63) is 38.8 Å². The summed E-state index contributed by atoms with van der Waals surface area (Å²) in [7, 11) is 1.13. The molecule has 0 aromatic heterocycles. The van der Waals surface area contributed by atoms with Crippen LogP contribution in [0, 0.1) is 5.82 Å². The largest absolute Gasteiger partial charge is 0.466 e. The Morgan fingerprint density at radius 3 is 2.57 bits per heavy atom. The molecule has 0 atom stereocenters. The molecule has 0 radical (unpaired) electrons. The van der Waals surface area contributed by atoms with Crippen LogP contribution in [0.1, 0.15) is 17.3 Å². The van der Waals surface area contributed by atoms with E-state index in [1.54, 1.807) is 6.92 Å². The van der Waals surface area contributed by atoms with Gasteiger partial charge in [-0.05, 0) is 13.0 Å². The van der Waals surface area contributed by atoms with Crippen molar-refractivity contribution in [2.45, 2.75) is 6.92 Å². The van der Waals surface area contributed by atoms with E-state index in [0.29, 0.717) is 0 Å². The smallest absolute Gasteiger partial charge is 0.339 e. The fourth-order valence-electron chi connectivity index (χ4n) is 2.54. The van der Waals surface area contributed by atoms with Gasteiger partial charge in [-0.2, -0.15) is 0 Å². The number of amides is 1. The molecule has 152 valence electrons. The van der Waals surface area contributed by atoms with Crippen molar-refractivity contribution in [3.8, 4) is 0 Å². The van der Waals surface area contributed by atoms with E-state index in [4.69, 9.17) is 33.0 Å². The molecule has 1 aromatic carbocycles. The van der Waals surface area contributed by atoms with Gasteiger partial charge >= 0.3 is 11.9 Å². The highest BCUT2D eigenvalue weighted by Gasteiger charge is 2.35. The molecule has 1 aromatic rings. The number of methoxy groups -OCH3 is 1. The number of carbonyl (C=O) groups excluding carboxylic acids is 3. The highest BCUT2D eigenvalue weighted by Crippen LogP contribution is 2.38. The first-order valence-electron chi connectivity index (χ1n) is 8.09. The summed E-state index contributed by atoms with van der Waals surface area (Å²) < 4.78 is 23.7. The lowest BCUT2D eigenvalue weighted by molar-refractivity contribution is -0.136. The van der Waals surface area contributed by atoms with Crippen molar-refractivity contribution < 1.29 is 33.4 Å². The van der Waals surface area contributed by atoms with Gasteiger partial charge in [0.25, 0.3) is 5.91 Å². The predicted octanol–water partition coefficient (Wildman–Crippen LogP) is 1.98. The van der Waals surface area contributed by atoms with Gasteiger partial charge in [-0.15, -0.1) is 0 Å². The second-order valence-corrected chi connectivity index (χ2v) is 6.31. The molecule has 1 amide bonds. The maximum Gasteiger partial charge on any atom is 0.339 e. The minimum atomic E-state index is -0.977. The Kier molecular flexibility index (Phi) is 7.22. The Hall–Kier alpha value is -2.36. The maximum absolute atomic E-state index is 14.2. The van der Waals surface area contributed by atoms with Gasteiger partial charge < -0.3 is 24.8 Å². The molecule has 1 aliphatic rings. The van der Waals surface area contributed by atoms with Gasteiger partial charge in [0.15, 0.2) is 0 Å². The summed E-state index contributed by atoms with van der Waals surface area (Å²) in [5, 5.41) is 10.9. The number of aliphatic hydroxyl groups excluding tert-OH is 1. The molecule has 0 bridgehead atoms. The lowest BCUT2D eigenvalue weighted by atomic mass is 10.1. The number of β-amino-alcohol motifs (C(OH)–C–C–N with tert-alkyl or cyclic N) is 1. The van der Waals surface area contributed by atoms with E-state index in [1.165, 1.54) is 4.90 Å². The van der Waals surface area contributed by atoms with Crippen molar-refractivity contribution in [1.29, 1.82) is 0 Å². The first kappa shape index (κ1) is 21.9. The molecule has 8 nitrogen and oxygen atoms in total. The predicted molar refractivity (Wildman–Crippen MR) is 98.7 cm³/mol. The summed E-state index contributed by atoms with van der Waals surface area (Å²) in [5.74, 6) is -3.31. The third-order valence-corrected chi connectivity index (χ3v) is 4.62. The van der Waals surface area contributed by atoms with Crippen LogP contribution in [0.15, 0.2) is 17.3 Å². The van der Waals surface area contributed by atoms with Crippen molar-refractivity contribution in [2.24, 2.45) is 0 Å². The first-order valence-corrected chi connectivity index (χ1v) is 8.85. The monoisotopic (exact) mass is 434 g/mol. The number of aliphatic hydroxyl groups is 1. The highest BCUT2D eigenvalue weighted by atomic mass is 35.5. The summed E-state index contributed by atoms with van der Waals surface area (Å²) in [5.41, 5.74) is -0.882. The molecule has 0 saturated carbocycles. The minimum Gasteiger partial charge on any atom is -0.466 e. The second-order valence-electron chi connectivity index (χ2n) is 5.55. The van der Waals surface area contributed by atoms with Gasteiger partial charge in [-0.1, -0.05) is 23.2 Å². The van der Waals surface area contributed by atoms with Crippen LogP contribution in [0.3, 0.4) is 0 Å². The Bertz CT molecular complexity index is 859. The molecule has 1 heterocycles. The average Bonchev–Trinajstić information content (AvgIpc) is 2.97. The van der Waals surface area contributed by atoms with Gasteiger partial charge in [0.1, 0.15) is 16.5 Å². The van der Waals surface area contributed by atoms with E-state index in [9.17, 15) is 18.8 Å². The second kappa shape index (κ2) is 9.22. The normalized spacial score (nSPS) is 13.8. The number of nitrogens with one attached hydrogen (secondary N) is 1. The maximum atomic E-state index is 14.2. The number of nitrogens with zero attached hydrogens (tertiary/aromatic N) is 1. The van der Waals surface area contributed by atoms with Gasteiger partial charge in [0, 0.05) is 6.54 Å². The lowest BCUT2D eigenvalue weighted by Crippen LogP contribution is -2.31. The highest BCUT2D eigenvalue weighted by molar-refractivity contribution is 6.41. The Morgan fingerprint density at radius 2 is 2.00 bits per heavy atom. The molecular formula is C17H17Cl2FN2O6. The van der Waals surface area contributed by atoms with Crippen LogP contribution in [0.5, 0.6) is 0 Å². The molecule has 11 heteroatoms. The Morgan fingerprint density at radius 1 is 1.32 bits per heavy atom. The van der Waals surface area contributed by atoms with E-state index in [-0.39, 0.29) is 53.8 Å². The van der Waals surface area contributed by atoms with Gasteiger partial charge in [-0.25, -0.2) is 14.0 Å². The van der Waals surface area contributed by atoms with Crippen molar-refractivity contribution in [2.75, 3.05) is 38.7 Å². The van der Waals surface area contributed by atoms with Gasteiger partial charge in [0.05, 0.1) is 48.7 Å². The average molecular weight is 435 g/mol. The molecule has 0 unspecified atom stereocenters. The van der Waals surface area contributed by atoms with E-state index in [0.717, 1.165) is 13.2 Å². The minimum absolute atomic E-state index is 0.0361. The van der Waals surface area contributed by atoms with E-state index >= 15 is 0 Å². The Balaban J connectivity index is 2.54. The number of benzene rings is 1.